The second kappa shape index (κ2) is 10.4. The average molecular weight is 482 g/mol. The average Bonchev–Trinajstić information content (AvgIpc) is 2.76. The van der Waals surface area contributed by atoms with E-state index >= 15 is 0 Å². The number of allylic oxidation sites excluding steroid dienone is 2. The van der Waals surface area contributed by atoms with Gasteiger partial charge in [-0.05, 0) is 37.8 Å². The summed E-state index contributed by atoms with van der Waals surface area (Å²) in [5.41, 5.74) is 2.18. The molecule has 0 fully saturated rings. The molecule has 0 bridgehead atoms. The van der Waals surface area contributed by atoms with Gasteiger partial charge in [0.2, 0.25) is 0 Å². The lowest BCUT2D eigenvalue weighted by molar-refractivity contribution is -0.118. The maximum absolute atomic E-state index is 13.7. The molecule has 0 spiro atoms. The quantitative estimate of drug-likeness (QED) is 0.628. The van der Waals surface area contributed by atoms with Gasteiger partial charge >= 0.3 is 12.2 Å². The Bertz CT molecular complexity index is 1070. The summed E-state index contributed by atoms with van der Waals surface area (Å²) in [7, 11) is 1.39. The van der Waals surface area contributed by atoms with Crippen molar-refractivity contribution in [1.29, 1.82) is 0 Å². The predicted octanol–water partition coefficient (Wildman–Crippen LogP) is 4.31. The number of ether oxygens (including phenoxy) is 1. The number of alkyl carbamates (subject to hydrolysis) is 1. The molecular formula is C27H35N3O5. The third-order valence-electron chi connectivity index (χ3n) is 5.79. The molecule has 1 heterocycles. The zero-order chi connectivity index (χ0) is 25.9. The SMILES string of the molecule is CC(C)CN1C=C2C=CC(N(C)C(=O)O)C(=O)C2=C(c2ccccc2)C1CNC(=O)OC(C)(C)C. The summed E-state index contributed by atoms with van der Waals surface area (Å²) >= 11 is 0. The molecule has 3 rings (SSSR count). The minimum absolute atomic E-state index is 0.218. The number of carbonyl (C=O) groups excluding carboxylic acids is 2. The summed E-state index contributed by atoms with van der Waals surface area (Å²) in [5, 5.41) is 12.4. The molecule has 1 aromatic carbocycles. The van der Waals surface area contributed by atoms with E-state index in [0.717, 1.165) is 21.6 Å². The number of Topliss-reactive ketones (excluding diaryl/α,β-unsaturated/α-hetero) is 1. The number of amides is 2. The van der Waals surface area contributed by atoms with E-state index in [1.807, 2.05) is 42.6 Å². The zero-order valence-electron chi connectivity index (χ0n) is 21.2. The Balaban J connectivity index is 2.12. The maximum atomic E-state index is 13.7. The second-order valence-electron chi connectivity index (χ2n) is 10.3. The number of carbonyl (C=O) groups is 3. The van der Waals surface area contributed by atoms with Crippen LogP contribution < -0.4 is 5.32 Å². The molecule has 0 saturated carbocycles. The van der Waals surface area contributed by atoms with Crippen LogP contribution in [0.15, 0.2) is 59.8 Å². The monoisotopic (exact) mass is 481 g/mol. The Morgan fingerprint density at radius 3 is 2.43 bits per heavy atom. The van der Waals surface area contributed by atoms with Crippen molar-refractivity contribution in [3.8, 4) is 0 Å². The van der Waals surface area contributed by atoms with E-state index < -0.39 is 23.8 Å². The number of nitrogens with zero attached hydrogens (tertiary/aromatic N) is 2. The lowest BCUT2D eigenvalue weighted by Crippen LogP contribution is -2.49. The third kappa shape index (κ3) is 6.12. The standard InChI is InChI=1S/C27H35N3O5/c1-17(2)15-30-16-19-12-13-20(29(6)26(33)34)24(31)23(19)22(18-10-8-7-9-11-18)21(30)14-28-25(32)35-27(3,4)5/h7-13,16-17,20-21H,14-15H2,1-6H3,(H,28,32)(H,33,34). The van der Waals surface area contributed by atoms with Gasteiger partial charge in [-0.2, -0.15) is 0 Å². The summed E-state index contributed by atoms with van der Waals surface area (Å²) in [6.07, 6.45) is 3.67. The number of hydrogen-bond donors (Lipinski definition) is 2. The topological polar surface area (TPSA) is 99.2 Å². The highest BCUT2D eigenvalue weighted by molar-refractivity contribution is 6.14. The van der Waals surface area contributed by atoms with Crippen LogP contribution in [0.4, 0.5) is 9.59 Å². The summed E-state index contributed by atoms with van der Waals surface area (Å²) in [4.78, 5) is 41.0. The van der Waals surface area contributed by atoms with Crippen molar-refractivity contribution >= 4 is 23.5 Å². The molecule has 0 saturated heterocycles. The Morgan fingerprint density at radius 2 is 1.86 bits per heavy atom. The fourth-order valence-corrected chi connectivity index (χ4v) is 4.35. The Hall–Kier alpha value is -3.55. The molecule has 1 aliphatic heterocycles. The van der Waals surface area contributed by atoms with Crippen molar-refractivity contribution in [2.45, 2.75) is 52.3 Å². The fourth-order valence-electron chi connectivity index (χ4n) is 4.35. The van der Waals surface area contributed by atoms with Crippen LogP contribution in [0, 0.1) is 5.92 Å². The van der Waals surface area contributed by atoms with Gasteiger partial charge in [-0.3, -0.25) is 9.69 Å². The van der Waals surface area contributed by atoms with E-state index in [9.17, 15) is 19.5 Å². The van der Waals surface area contributed by atoms with Crippen LogP contribution in [0.25, 0.3) is 5.57 Å². The summed E-state index contributed by atoms with van der Waals surface area (Å²) < 4.78 is 5.44. The Labute approximate surface area is 206 Å². The van der Waals surface area contributed by atoms with Gasteiger partial charge in [-0.15, -0.1) is 0 Å². The molecule has 1 aliphatic carbocycles. The van der Waals surface area contributed by atoms with Crippen LogP contribution >= 0.6 is 0 Å². The van der Waals surface area contributed by atoms with E-state index in [1.165, 1.54) is 7.05 Å². The number of benzene rings is 1. The van der Waals surface area contributed by atoms with Crippen LogP contribution in [0.3, 0.4) is 0 Å². The van der Waals surface area contributed by atoms with Gasteiger partial charge in [-0.25, -0.2) is 9.59 Å². The number of hydrogen-bond acceptors (Lipinski definition) is 5. The van der Waals surface area contributed by atoms with Crippen LogP contribution in [-0.2, 0) is 9.53 Å². The van der Waals surface area contributed by atoms with Crippen molar-refractivity contribution < 1.29 is 24.2 Å². The summed E-state index contributed by atoms with van der Waals surface area (Å²) in [6, 6.07) is 8.29. The van der Waals surface area contributed by atoms with Gasteiger partial charge < -0.3 is 20.1 Å². The molecule has 188 valence electrons. The van der Waals surface area contributed by atoms with Gasteiger partial charge in [0.15, 0.2) is 5.78 Å². The smallest absolute Gasteiger partial charge is 0.407 e. The number of fused-ring (bicyclic) bond motifs is 1. The molecule has 2 aliphatic rings. The molecule has 0 radical (unpaired) electrons. The second-order valence-corrected chi connectivity index (χ2v) is 10.3. The van der Waals surface area contributed by atoms with Crippen LogP contribution in [0.5, 0.6) is 0 Å². The lowest BCUT2D eigenvalue weighted by Gasteiger charge is -2.41. The molecule has 8 heteroatoms. The first-order chi connectivity index (χ1) is 16.4. The first-order valence-electron chi connectivity index (χ1n) is 11.8. The molecule has 2 atom stereocenters. The number of ketones is 1. The molecule has 2 N–H and O–H groups in total. The van der Waals surface area contributed by atoms with E-state index in [0.29, 0.717) is 18.0 Å². The van der Waals surface area contributed by atoms with Crippen molar-refractivity contribution in [1.82, 2.24) is 15.1 Å². The summed E-state index contributed by atoms with van der Waals surface area (Å²) in [5.74, 6) is 0.0394. The summed E-state index contributed by atoms with van der Waals surface area (Å²) in [6.45, 7) is 10.5. The number of carboxylic acid groups (broad SMARTS) is 1. The third-order valence-corrected chi connectivity index (χ3v) is 5.79. The maximum Gasteiger partial charge on any atom is 0.407 e. The van der Waals surface area contributed by atoms with E-state index in [2.05, 4.69) is 24.1 Å². The minimum atomic E-state index is -1.18. The Kier molecular flexibility index (Phi) is 7.73. The van der Waals surface area contributed by atoms with E-state index in [4.69, 9.17) is 4.74 Å². The van der Waals surface area contributed by atoms with Gasteiger partial charge in [0, 0.05) is 37.5 Å². The van der Waals surface area contributed by atoms with Gasteiger partial charge in [0.1, 0.15) is 11.6 Å². The highest BCUT2D eigenvalue weighted by Crippen LogP contribution is 2.38. The number of likely N-dealkylation sites (N-methyl/N-ethyl adjacent to an activating group) is 1. The van der Waals surface area contributed by atoms with Crippen LogP contribution in [-0.4, -0.2) is 70.7 Å². The van der Waals surface area contributed by atoms with Crippen molar-refractivity contribution in [2.75, 3.05) is 20.1 Å². The minimum Gasteiger partial charge on any atom is -0.465 e. The van der Waals surface area contributed by atoms with E-state index in [-0.39, 0.29) is 18.4 Å². The van der Waals surface area contributed by atoms with Crippen LogP contribution in [0.1, 0.15) is 40.2 Å². The zero-order valence-corrected chi connectivity index (χ0v) is 21.2. The molecule has 2 unspecified atom stereocenters. The largest absolute Gasteiger partial charge is 0.465 e. The van der Waals surface area contributed by atoms with Gasteiger partial charge in [0.05, 0.1) is 6.04 Å². The van der Waals surface area contributed by atoms with Crippen molar-refractivity contribution in [2.24, 2.45) is 5.92 Å². The predicted molar refractivity (Wildman–Crippen MR) is 135 cm³/mol. The molecule has 2 amide bonds. The van der Waals surface area contributed by atoms with Crippen LogP contribution in [0.2, 0.25) is 0 Å². The first-order valence-corrected chi connectivity index (χ1v) is 11.8. The lowest BCUT2D eigenvalue weighted by atomic mass is 9.79. The van der Waals surface area contributed by atoms with Gasteiger partial charge in [-0.1, -0.05) is 56.3 Å². The Morgan fingerprint density at radius 1 is 1.20 bits per heavy atom. The molecule has 0 aromatic heterocycles. The number of nitrogens with one attached hydrogen (secondary N) is 1. The van der Waals surface area contributed by atoms with E-state index in [1.54, 1.807) is 26.8 Å². The number of rotatable bonds is 6. The van der Waals surface area contributed by atoms with Crippen molar-refractivity contribution in [3.05, 3.63) is 65.4 Å². The first kappa shape index (κ1) is 26.1. The normalized spacial score (nSPS) is 19.9. The molecule has 35 heavy (non-hydrogen) atoms. The highest BCUT2D eigenvalue weighted by Gasteiger charge is 2.39. The van der Waals surface area contributed by atoms with Crippen molar-refractivity contribution in [3.63, 3.8) is 0 Å². The molecule has 8 nitrogen and oxygen atoms in total. The fraction of sp³-hybridized carbons (Fsp3) is 0.444. The molecule has 1 aromatic rings. The molecular weight excluding hydrogens is 446 g/mol. The van der Waals surface area contributed by atoms with Gasteiger partial charge in [0.25, 0.3) is 0 Å². The highest BCUT2D eigenvalue weighted by atomic mass is 16.6.